The zero-order chi connectivity index (χ0) is 27.8. The average Bonchev–Trinajstić information content (AvgIpc) is 3.32. The van der Waals surface area contributed by atoms with Crippen LogP contribution in [0.3, 0.4) is 0 Å². The minimum atomic E-state index is 0.183. The van der Waals surface area contributed by atoms with Crippen LogP contribution in [0.1, 0.15) is 31.2 Å². The van der Waals surface area contributed by atoms with Gasteiger partial charge in [0.1, 0.15) is 11.5 Å². The number of nitrogens with one attached hydrogen (secondary N) is 2. The van der Waals surface area contributed by atoms with Crippen molar-refractivity contribution in [1.82, 2.24) is 24.2 Å². The number of hydrogen-bond donors (Lipinski definition) is 2. The van der Waals surface area contributed by atoms with Crippen LogP contribution in [0.4, 0.5) is 5.69 Å². The lowest BCUT2D eigenvalue weighted by Gasteiger charge is -2.31. The molecule has 1 fully saturated rings. The van der Waals surface area contributed by atoms with E-state index < -0.39 is 0 Å². The van der Waals surface area contributed by atoms with Crippen LogP contribution in [0.5, 0.6) is 11.5 Å². The third-order valence-electron chi connectivity index (χ3n) is 7.83. The molecular weight excluding hydrogens is 526 g/mol. The molecule has 206 valence electrons. The van der Waals surface area contributed by atoms with Gasteiger partial charge in [0.15, 0.2) is 5.65 Å². The monoisotopic (exact) mass is 557 g/mol. The molecule has 3 aromatic heterocycles. The number of benzene rings is 2. The second kappa shape index (κ2) is 10.8. The Morgan fingerprint density at radius 3 is 2.50 bits per heavy atom. The van der Waals surface area contributed by atoms with Crippen molar-refractivity contribution >= 4 is 33.8 Å². The van der Waals surface area contributed by atoms with E-state index >= 15 is 0 Å². The van der Waals surface area contributed by atoms with Crippen molar-refractivity contribution in [1.29, 1.82) is 5.41 Å². The largest absolute Gasteiger partial charge is 0.497 e. The summed E-state index contributed by atoms with van der Waals surface area (Å²) < 4.78 is 12.7. The highest BCUT2D eigenvalue weighted by atomic mass is 35.5. The number of piperidine rings is 1. The maximum atomic E-state index is 8.95. The lowest BCUT2D eigenvalue weighted by molar-refractivity contribution is 0.222. The van der Waals surface area contributed by atoms with Gasteiger partial charge in [-0.2, -0.15) is 0 Å². The number of ether oxygens (including phenoxy) is 2. The number of methoxy groups -OCH3 is 2. The molecule has 6 rings (SSSR count). The summed E-state index contributed by atoms with van der Waals surface area (Å²) in [5, 5.41) is 14.9. The van der Waals surface area contributed by atoms with Crippen LogP contribution in [0, 0.1) is 5.41 Å². The molecule has 10 heteroatoms. The second-order valence-corrected chi connectivity index (χ2v) is 10.4. The zero-order valence-electron chi connectivity index (χ0n) is 22.8. The molecular formula is C30H32ClN7O2. The highest BCUT2D eigenvalue weighted by Crippen LogP contribution is 2.40. The first-order chi connectivity index (χ1) is 19.5. The Kier molecular flexibility index (Phi) is 7.08. The molecule has 1 aliphatic heterocycles. The average molecular weight is 558 g/mol. The molecule has 1 saturated heterocycles. The topological polar surface area (TPSA) is 92.7 Å². The molecule has 0 amide bonds. The molecule has 4 heterocycles. The third-order valence-corrected chi connectivity index (χ3v) is 8.22. The fourth-order valence-corrected chi connectivity index (χ4v) is 5.84. The molecule has 40 heavy (non-hydrogen) atoms. The number of hydrogen-bond acceptors (Lipinski definition) is 7. The number of likely N-dealkylation sites (tertiary alicyclic amines) is 1. The van der Waals surface area contributed by atoms with Crippen LogP contribution >= 0.6 is 11.6 Å². The summed E-state index contributed by atoms with van der Waals surface area (Å²) in [7, 11) is 3.16. The van der Waals surface area contributed by atoms with Gasteiger partial charge in [-0.3, -0.25) is 20.2 Å². The Morgan fingerprint density at radius 2 is 1.80 bits per heavy atom. The van der Waals surface area contributed by atoms with Crippen LogP contribution in [0.15, 0.2) is 60.8 Å². The minimum Gasteiger partial charge on any atom is -0.497 e. The molecule has 1 aliphatic rings. The predicted octanol–water partition coefficient (Wildman–Crippen LogP) is 5.58. The molecule has 9 nitrogen and oxygen atoms in total. The fourth-order valence-electron chi connectivity index (χ4n) is 5.56. The lowest BCUT2D eigenvalue weighted by Crippen LogP contribution is -2.32. The maximum Gasteiger partial charge on any atom is 0.245 e. The van der Waals surface area contributed by atoms with Crippen LogP contribution in [0.25, 0.3) is 27.8 Å². The molecule has 0 atom stereocenters. The van der Waals surface area contributed by atoms with Crippen LogP contribution in [-0.4, -0.2) is 58.0 Å². The van der Waals surface area contributed by atoms with E-state index in [0.29, 0.717) is 39.3 Å². The Labute approximate surface area is 237 Å². The Hall–Kier alpha value is -4.08. The van der Waals surface area contributed by atoms with E-state index in [4.69, 9.17) is 26.5 Å². The summed E-state index contributed by atoms with van der Waals surface area (Å²) in [6.07, 6.45) is 4.09. The molecule has 0 spiro atoms. The number of fused-ring (bicyclic) bond motifs is 3. The van der Waals surface area contributed by atoms with Crippen molar-refractivity contribution in [3.05, 3.63) is 77.0 Å². The van der Waals surface area contributed by atoms with E-state index in [9.17, 15) is 0 Å². The number of halogens is 1. The smallest absolute Gasteiger partial charge is 0.245 e. The van der Waals surface area contributed by atoms with Gasteiger partial charge in [-0.25, -0.2) is 0 Å². The van der Waals surface area contributed by atoms with E-state index in [1.54, 1.807) is 30.9 Å². The highest BCUT2D eigenvalue weighted by Gasteiger charge is 2.20. The highest BCUT2D eigenvalue weighted by molar-refractivity contribution is 6.35. The van der Waals surface area contributed by atoms with Gasteiger partial charge in [0.25, 0.3) is 0 Å². The SMILES string of the molecule is CCN1CCC(c2ccc(Nn3nc4ccc5c(-c6cc(OC)cc(OC)c6Cl)nccc5n4c3=N)cc2)CC1. The number of aromatic nitrogens is 4. The van der Waals surface area contributed by atoms with Crippen molar-refractivity contribution < 1.29 is 9.47 Å². The summed E-state index contributed by atoms with van der Waals surface area (Å²) in [6, 6.07) is 17.8. The molecule has 2 N–H and O–H groups in total. The van der Waals surface area contributed by atoms with Crippen LogP contribution < -0.4 is 20.5 Å². The summed E-state index contributed by atoms with van der Waals surface area (Å²) in [6.45, 7) is 5.66. The Bertz CT molecular complexity index is 1740. The second-order valence-electron chi connectivity index (χ2n) is 9.99. The van der Waals surface area contributed by atoms with Crippen LogP contribution in [0.2, 0.25) is 5.02 Å². The first kappa shape index (κ1) is 26.2. The lowest BCUT2D eigenvalue weighted by atomic mass is 9.89. The van der Waals surface area contributed by atoms with Gasteiger partial charge in [-0.1, -0.05) is 30.7 Å². The number of rotatable bonds is 7. The van der Waals surface area contributed by atoms with E-state index in [2.05, 4.69) is 51.6 Å². The van der Waals surface area contributed by atoms with Gasteiger partial charge in [0.2, 0.25) is 5.62 Å². The molecule has 0 radical (unpaired) electrons. The molecule has 0 aliphatic carbocycles. The van der Waals surface area contributed by atoms with Gasteiger partial charge in [-0.05, 0) is 80.4 Å². The Morgan fingerprint density at radius 1 is 1.02 bits per heavy atom. The number of nitrogens with zero attached hydrogens (tertiary/aromatic N) is 5. The van der Waals surface area contributed by atoms with Gasteiger partial charge < -0.3 is 14.4 Å². The van der Waals surface area contributed by atoms with Crippen molar-refractivity contribution in [2.45, 2.75) is 25.7 Å². The summed E-state index contributed by atoms with van der Waals surface area (Å²) in [5.74, 6) is 1.71. The van der Waals surface area contributed by atoms with E-state index in [1.807, 2.05) is 24.3 Å². The number of anilines is 1. The molecule has 2 aromatic carbocycles. The van der Waals surface area contributed by atoms with Gasteiger partial charge >= 0.3 is 0 Å². The van der Waals surface area contributed by atoms with E-state index in [-0.39, 0.29) is 5.62 Å². The molecule has 0 saturated carbocycles. The summed E-state index contributed by atoms with van der Waals surface area (Å²) in [5.41, 5.74) is 8.46. The van der Waals surface area contributed by atoms with Crippen LogP contribution in [-0.2, 0) is 0 Å². The van der Waals surface area contributed by atoms with E-state index in [0.717, 1.165) is 36.2 Å². The molecule has 0 unspecified atom stereocenters. The van der Waals surface area contributed by atoms with E-state index in [1.165, 1.54) is 23.2 Å². The standard InChI is InChI=1S/C30H32ClN7O2/c1-4-36-15-12-20(13-16-36)19-5-7-21(8-6-19)34-38-30(32)37-25-11-14-33-29(23(25)9-10-27(37)35-38)24-17-22(39-2)18-26(40-3)28(24)31/h5-11,14,17-18,20,32,34H,4,12-13,15-16H2,1-3H3. The predicted molar refractivity (Wildman–Crippen MR) is 157 cm³/mol. The number of pyridine rings is 2. The summed E-state index contributed by atoms with van der Waals surface area (Å²) in [4.78, 5) is 8.64. The quantitative estimate of drug-likeness (QED) is 0.271. The van der Waals surface area contributed by atoms with Crippen molar-refractivity contribution in [2.24, 2.45) is 0 Å². The summed E-state index contributed by atoms with van der Waals surface area (Å²) >= 11 is 6.70. The minimum absolute atomic E-state index is 0.183. The van der Waals surface area contributed by atoms with Gasteiger partial charge in [0.05, 0.1) is 36.1 Å². The Balaban J connectivity index is 1.34. The third kappa shape index (κ3) is 4.65. The van der Waals surface area contributed by atoms with Crippen molar-refractivity contribution in [3.63, 3.8) is 0 Å². The fraction of sp³-hybridized carbons (Fsp3) is 0.300. The van der Waals surface area contributed by atoms with Crippen molar-refractivity contribution in [2.75, 3.05) is 39.3 Å². The van der Waals surface area contributed by atoms with Gasteiger partial charge in [0, 0.05) is 23.2 Å². The first-order valence-electron chi connectivity index (χ1n) is 13.5. The van der Waals surface area contributed by atoms with Crippen molar-refractivity contribution in [3.8, 4) is 22.8 Å². The maximum absolute atomic E-state index is 8.95. The van der Waals surface area contributed by atoms with Gasteiger partial charge in [-0.15, -0.1) is 9.89 Å². The molecule has 0 bridgehead atoms. The first-order valence-corrected chi connectivity index (χ1v) is 13.8. The normalized spacial score (nSPS) is 14.6. The zero-order valence-corrected chi connectivity index (χ0v) is 23.6. The molecule has 5 aromatic rings.